The van der Waals surface area contributed by atoms with E-state index in [9.17, 15) is 0 Å². The molecule has 0 radical (unpaired) electrons. The molecule has 0 aliphatic carbocycles. The fourth-order valence-corrected chi connectivity index (χ4v) is 1.26. The summed E-state index contributed by atoms with van der Waals surface area (Å²) in [7, 11) is 0. The number of nitrogens with one attached hydrogen (secondary N) is 2. The first-order chi connectivity index (χ1) is 5.79. The molecule has 2 nitrogen and oxygen atoms in total. The van der Waals surface area contributed by atoms with Crippen LogP contribution < -0.4 is 10.6 Å². The fourth-order valence-electron chi connectivity index (χ4n) is 1.26. The second-order valence-electron chi connectivity index (χ2n) is 2.78. The van der Waals surface area contributed by atoms with Gasteiger partial charge in [-0.1, -0.05) is 11.6 Å². The van der Waals surface area contributed by atoms with Gasteiger partial charge in [-0.2, -0.15) is 0 Å². The van der Waals surface area contributed by atoms with Gasteiger partial charge in [-0.05, 0) is 31.3 Å². The van der Waals surface area contributed by atoms with Gasteiger partial charge in [0.15, 0.2) is 0 Å². The average Bonchev–Trinajstić information content (AvgIpc) is 2.51. The van der Waals surface area contributed by atoms with Gasteiger partial charge in [0.25, 0.3) is 0 Å². The van der Waals surface area contributed by atoms with E-state index in [1.54, 1.807) is 0 Å². The molecular weight excluding hydrogens is 148 g/mol. The van der Waals surface area contributed by atoms with E-state index in [1.165, 1.54) is 17.0 Å². The standard InChI is InChI=1S/C10H14N2/c1-3-10-9(5-7-12-10)8(2)4-6-11/h3,5-7,11-12H,4H2,1-2H3/b9-8-,10-3?,11-6?. The predicted molar refractivity (Wildman–Crippen MR) is 52.7 cm³/mol. The molecule has 0 saturated heterocycles. The third-order valence-electron chi connectivity index (χ3n) is 1.94. The van der Waals surface area contributed by atoms with Crippen LogP contribution in [0.1, 0.15) is 20.3 Å². The van der Waals surface area contributed by atoms with Gasteiger partial charge in [-0.25, -0.2) is 0 Å². The van der Waals surface area contributed by atoms with Crippen LogP contribution >= 0.6 is 0 Å². The molecule has 64 valence electrons. The highest BCUT2D eigenvalue weighted by atomic mass is 14.6. The van der Waals surface area contributed by atoms with Gasteiger partial charge < -0.3 is 10.4 Å². The van der Waals surface area contributed by atoms with E-state index >= 15 is 0 Å². The summed E-state index contributed by atoms with van der Waals surface area (Å²) in [6, 6.07) is 2.05. The molecule has 0 atom stereocenters. The number of aromatic nitrogens is 1. The van der Waals surface area contributed by atoms with Crippen molar-refractivity contribution in [3.8, 4) is 0 Å². The zero-order chi connectivity index (χ0) is 8.97. The first-order valence-electron chi connectivity index (χ1n) is 4.08. The van der Waals surface area contributed by atoms with E-state index in [1.807, 2.05) is 25.3 Å². The van der Waals surface area contributed by atoms with E-state index in [0.717, 1.165) is 11.8 Å². The molecule has 0 unspecified atom stereocenters. The van der Waals surface area contributed by atoms with Crippen LogP contribution in [0, 0.1) is 5.41 Å². The highest BCUT2D eigenvalue weighted by molar-refractivity contribution is 5.67. The summed E-state index contributed by atoms with van der Waals surface area (Å²) in [5.41, 5.74) is 1.24. The maximum Gasteiger partial charge on any atom is 0.0410 e. The quantitative estimate of drug-likeness (QED) is 0.610. The van der Waals surface area contributed by atoms with Gasteiger partial charge >= 0.3 is 0 Å². The van der Waals surface area contributed by atoms with Crippen molar-refractivity contribution in [2.24, 2.45) is 0 Å². The van der Waals surface area contributed by atoms with Gasteiger partial charge in [0.05, 0.1) is 0 Å². The Balaban J connectivity index is 3.33. The maximum absolute atomic E-state index is 7.00. The average molecular weight is 162 g/mol. The van der Waals surface area contributed by atoms with Gasteiger partial charge in [0.2, 0.25) is 0 Å². The molecule has 2 N–H and O–H groups in total. The zero-order valence-corrected chi connectivity index (χ0v) is 7.52. The zero-order valence-electron chi connectivity index (χ0n) is 7.52. The number of rotatable bonds is 2. The molecule has 2 heteroatoms. The molecular formula is C10H14N2. The molecule has 0 aliphatic heterocycles. The summed E-state index contributed by atoms with van der Waals surface area (Å²) in [4.78, 5) is 3.14. The van der Waals surface area contributed by atoms with Crippen molar-refractivity contribution in [2.45, 2.75) is 20.3 Å². The van der Waals surface area contributed by atoms with Crippen molar-refractivity contribution in [3.05, 3.63) is 22.8 Å². The SMILES string of the molecule is CC=c1[nH]cc/c1=C(\C)CC=N. The van der Waals surface area contributed by atoms with Gasteiger partial charge in [-0.15, -0.1) is 0 Å². The Hall–Kier alpha value is -1.31. The number of aromatic amines is 1. The Kier molecular flexibility index (Phi) is 2.86. The summed E-state index contributed by atoms with van der Waals surface area (Å²) in [6.07, 6.45) is 6.14. The Labute approximate surface area is 72.1 Å². The smallest absolute Gasteiger partial charge is 0.0410 e. The second-order valence-corrected chi connectivity index (χ2v) is 2.78. The first-order valence-corrected chi connectivity index (χ1v) is 4.08. The molecule has 1 heterocycles. The summed E-state index contributed by atoms with van der Waals surface area (Å²) in [5, 5.41) is 9.37. The largest absolute Gasteiger partial charge is 0.361 e. The molecule has 1 aromatic rings. The lowest BCUT2D eigenvalue weighted by Crippen LogP contribution is -2.23. The summed E-state index contributed by atoms with van der Waals surface area (Å²) in [6.45, 7) is 4.06. The van der Waals surface area contributed by atoms with Gasteiger partial charge in [0, 0.05) is 18.0 Å². The minimum Gasteiger partial charge on any atom is -0.361 e. The van der Waals surface area contributed by atoms with Crippen molar-refractivity contribution in [1.29, 1.82) is 5.41 Å². The van der Waals surface area contributed by atoms with Crippen LogP contribution in [0.15, 0.2) is 12.3 Å². The maximum atomic E-state index is 7.00. The van der Waals surface area contributed by atoms with Crippen LogP contribution in [0.25, 0.3) is 11.6 Å². The van der Waals surface area contributed by atoms with Crippen molar-refractivity contribution in [2.75, 3.05) is 0 Å². The molecule has 0 aromatic carbocycles. The molecule has 0 amide bonds. The highest BCUT2D eigenvalue weighted by Gasteiger charge is 1.90. The monoisotopic (exact) mass is 162 g/mol. The molecule has 0 fully saturated rings. The second kappa shape index (κ2) is 3.90. The molecule has 1 rings (SSSR count). The fraction of sp³-hybridized carbons (Fsp3) is 0.300. The first kappa shape index (κ1) is 8.78. The molecule has 0 spiro atoms. The van der Waals surface area contributed by atoms with Crippen LogP contribution in [-0.2, 0) is 0 Å². The van der Waals surface area contributed by atoms with E-state index in [0.29, 0.717) is 0 Å². The lowest BCUT2D eigenvalue weighted by atomic mass is 10.2. The van der Waals surface area contributed by atoms with Crippen molar-refractivity contribution < 1.29 is 0 Å². The lowest BCUT2D eigenvalue weighted by molar-refractivity contribution is 1.29. The topological polar surface area (TPSA) is 39.6 Å². The van der Waals surface area contributed by atoms with Crippen LogP contribution in [-0.4, -0.2) is 11.2 Å². The third kappa shape index (κ3) is 1.64. The highest BCUT2D eigenvalue weighted by Crippen LogP contribution is 1.92. The molecule has 0 saturated carbocycles. The number of hydrogen-bond donors (Lipinski definition) is 2. The Bertz CT molecular complexity index is 371. The van der Waals surface area contributed by atoms with Crippen molar-refractivity contribution in [3.63, 3.8) is 0 Å². The lowest BCUT2D eigenvalue weighted by Gasteiger charge is -1.90. The van der Waals surface area contributed by atoms with E-state index < -0.39 is 0 Å². The number of H-pyrrole nitrogens is 1. The van der Waals surface area contributed by atoms with Crippen LogP contribution in [0.2, 0.25) is 0 Å². The van der Waals surface area contributed by atoms with Gasteiger partial charge in [0.1, 0.15) is 0 Å². The van der Waals surface area contributed by atoms with Crippen molar-refractivity contribution in [1.82, 2.24) is 4.98 Å². The van der Waals surface area contributed by atoms with E-state index in [-0.39, 0.29) is 0 Å². The minimum atomic E-state index is 0.735. The third-order valence-corrected chi connectivity index (χ3v) is 1.94. The minimum absolute atomic E-state index is 0.735. The van der Waals surface area contributed by atoms with Gasteiger partial charge in [-0.3, -0.25) is 0 Å². The Morgan fingerprint density at radius 2 is 2.42 bits per heavy atom. The summed E-state index contributed by atoms with van der Waals surface area (Å²) >= 11 is 0. The molecule has 12 heavy (non-hydrogen) atoms. The predicted octanol–water partition coefficient (Wildman–Crippen LogP) is 1.03. The Morgan fingerprint density at radius 3 is 3.00 bits per heavy atom. The van der Waals surface area contributed by atoms with Crippen LogP contribution in [0.3, 0.4) is 0 Å². The molecule has 0 bridgehead atoms. The normalized spacial score (nSPS) is 14.7. The van der Waals surface area contributed by atoms with Crippen molar-refractivity contribution >= 4 is 17.9 Å². The molecule has 0 aliphatic rings. The van der Waals surface area contributed by atoms with Crippen LogP contribution in [0.5, 0.6) is 0 Å². The summed E-state index contributed by atoms with van der Waals surface area (Å²) in [5.74, 6) is 0. The Morgan fingerprint density at radius 1 is 1.67 bits per heavy atom. The van der Waals surface area contributed by atoms with Crippen LogP contribution in [0.4, 0.5) is 0 Å². The van der Waals surface area contributed by atoms with E-state index in [2.05, 4.69) is 11.9 Å². The van der Waals surface area contributed by atoms with E-state index in [4.69, 9.17) is 5.41 Å². The summed E-state index contributed by atoms with van der Waals surface area (Å²) < 4.78 is 0. The number of hydrogen-bond acceptors (Lipinski definition) is 1. The molecule has 1 aromatic heterocycles.